The third-order valence-electron chi connectivity index (χ3n) is 2.87. The molecule has 68 valence electrons. The van der Waals surface area contributed by atoms with Gasteiger partial charge in [-0.2, -0.15) is 0 Å². The number of nitrogens with one attached hydrogen (secondary N) is 1. The summed E-state index contributed by atoms with van der Waals surface area (Å²) in [6, 6.07) is 0.379. The van der Waals surface area contributed by atoms with Crippen LogP contribution in [0.3, 0.4) is 0 Å². The van der Waals surface area contributed by atoms with Crippen molar-refractivity contribution in [3.63, 3.8) is 0 Å². The summed E-state index contributed by atoms with van der Waals surface area (Å²) < 4.78 is 0. The molecule has 3 N–H and O–H groups in total. The molecule has 0 aromatic heterocycles. The van der Waals surface area contributed by atoms with Gasteiger partial charge in [0.1, 0.15) is 6.23 Å². The highest BCUT2D eigenvalue weighted by Crippen LogP contribution is 2.30. The summed E-state index contributed by atoms with van der Waals surface area (Å²) in [5.74, 6) is 1.05. The molecule has 0 saturated carbocycles. The molecule has 0 radical (unpaired) electrons. The third kappa shape index (κ3) is 1.47. The molecule has 0 aromatic carbocycles. The Hall–Kier alpha value is -0.540. The summed E-state index contributed by atoms with van der Waals surface area (Å²) in [4.78, 5) is 0. The van der Waals surface area contributed by atoms with Crippen LogP contribution in [0.15, 0.2) is 11.8 Å². The summed E-state index contributed by atoms with van der Waals surface area (Å²) in [6.07, 6.45) is 5.00. The topological polar surface area (TPSA) is 52.5 Å². The zero-order valence-corrected chi connectivity index (χ0v) is 7.03. The van der Waals surface area contributed by atoms with Crippen LogP contribution in [0.4, 0.5) is 0 Å². The van der Waals surface area contributed by atoms with E-state index < -0.39 is 0 Å². The van der Waals surface area contributed by atoms with Crippen LogP contribution >= 0.6 is 0 Å². The lowest BCUT2D eigenvalue weighted by molar-refractivity contribution is 0.0533. The molecule has 3 heteroatoms. The fourth-order valence-electron chi connectivity index (χ4n) is 2.16. The van der Waals surface area contributed by atoms with Gasteiger partial charge in [-0.15, -0.1) is 0 Å². The molecule has 1 fully saturated rings. The van der Waals surface area contributed by atoms with Crippen LogP contribution in [0.2, 0.25) is 0 Å². The lowest BCUT2D eigenvalue weighted by Gasteiger charge is -2.37. The van der Waals surface area contributed by atoms with Gasteiger partial charge in [-0.05, 0) is 31.3 Å². The fourth-order valence-corrected chi connectivity index (χ4v) is 2.16. The average molecular weight is 169 g/mol. The number of fused-ring (bicyclic) bond motifs is 1. The first-order valence-electron chi connectivity index (χ1n) is 4.58. The molecule has 1 aliphatic heterocycles. The van der Waals surface area contributed by atoms with Gasteiger partial charge >= 0.3 is 0 Å². The van der Waals surface area contributed by atoms with Crippen molar-refractivity contribution >= 4 is 0 Å². The van der Waals surface area contributed by atoms with Crippen LogP contribution in [-0.2, 0) is 0 Å². The molecule has 0 bridgehead atoms. The predicted octanol–water partition coefficient (Wildman–Crippen LogP) is 0.909. The Morgan fingerprint density at radius 2 is 2.25 bits per heavy atom. The molecule has 2 rings (SSSR count). The van der Waals surface area contributed by atoms with Crippen LogP contribution < -0.4 is 5.32 Å². The molecular formula is C9H15NO2. The Balaban J connectivity index is 2.02. The number of rotatable bonds is 0. The van der Waals surface area contributed by atoms with E-state index in [1.165, 1.54) is 0 Å². The first-order chi connectivity index (χ1) is 5.75. The van der Waals surface area contributed by atoms with Gasteiger partial charge in [0, 0.05) is 12.5 Å². The number of hydrogen-bond acceptors (Lipinski definition) is 3. The minimum atomic E-state index is -0.333. The number of aliphatic hydroxyl groups is 2. The quantitative estimate of drug-likeness (QED) is 0.505. The molecule has 3 atom stereocenters. The maximum atomic E-state index is 9.32. The van der Waals surface area contributed by atoms with Crippen LogP contribution in [-0.4, -0.2) is 22.5 Å². The highest BCUT2D eigenvalue weighted by Gasteiger charge is 2.31. The average Bonchev–Trinajstić information content (AvgIpc) is 2.05. The van der Waals surface area contributed by atoms with E-state index in [-0.39, 0.29) is 6.23 Å². The first-order valence-corrected chi connectivity index (χ1v) is 4.58. The largest absolute Gasteiger partial charge is 0.513 e. The van der Waals surface area contributed by atoms with Gasteiger partial charge in [0.25, 0.3) is 0 Å². The third-order valence-corrected chi connectivity index (χ3v) is 2.87. The van der Waals surface area contributed by atoms with E-state index in [9.17, 15) is 10.2 Å². The van der Waals surface area contributed by atoms with Gasteiger partial charge in [0.05, 0.1) is 5.76 Å². The maximum absolute atomic E-state index is 9.32. The van der Waals surface area contributed by atoms with Crippen molar-refractivity contribution < 1.29 is 10.2 Å². The Morgan fingerprint density at radius 1 is 1.42 bits per heavy atom. The van der Waals surface area contributed by atoms with Crippen LogP contribution in [0, 0.1) is 5.92 Å². The van der Waals surface area contributed by atoms with Gasteiger partial charge in [-0.3, -0.25) is 5.32 Å². The smallest absolute Gasteiger partial charge is 0.105 e. The monoisotopic (exact) mass is 169 g/mol. The van der Waals surface area contributed by atoms with E-state index in [0.717, 1.165) is 25.7 Å². The Kier molecular flexibility index (Phi) is 2.07. The molecule has 12 heavy (non-hydrogen) atoms. The minimum absolute atomic E-state index is 0.333. The second kappa shape index (κ2) is 3.07. The zero-order chi connectivity index (χ0) is 8.55. The Morgan fingerprint density at radius 3 is 3.08 bits per heavy atom. The van der Waals surface area contributed by atoms with Crippen molar-refractivity contribution in [2.24, 2.45) is 5.92 Å². The molecule has 1 unspecified atom stereocenters. The van der Waals surface area contributed by atoms with Crippen molar-refractivity contribution in [3.05, 3.63) is 11.8 Å². The molecule has 2 aliphatic rings. The van der Waals surface area contributed by atoms with E-state index in [1.54, 1.807) is 0 Å². The maximum Gasteiger partial charge on any atom is 0.105 e. The van der Waals surface area contributed by atoms with Crippen molar-refractivity contribution in [3.8, 4) is 0 Å². The highest BCUT2D eigenvalue weighted by atomic mass is 16.3. The summed E-state index contributed by atoms with van der Waals surface area (Å²) in [5, 5.41) is 21.7. The normalized spacial score (nSPS) is 41.8. The number of hydrogen-bond donors (Lipinski definition) is 3. The number of piperidine rings is 1. The molecule has 1 saturated heterocycles. The molecular weight excluding hydrogens is 154 g/mol. The zero-order valence-electron chi connectivity index (χ0n) is 7.03. The van der Waals surface area contributed by atoms with Gasteiger partial charge in [-0.25, -0.2) is 0 Å². The van der Waals surface area contributed by atoms with Crippen LogP contribution in [0.1, 0.15) is 25.7 Å². The Bertz CT molecular complexity index is 203. The van der Waals surface area contributed by atoms with Gasteiger partial charge in [0.2, 0.25) is 0 Å². The van der Waals surface area contributed by atoms with Crippen molar-refractivity contribution in [2.75, 3.05) is 0 Å². The molecule has 0 amide bonds. The molecule has 3 nitrogen and oxygen atoms in total. The van der Waals surface area contributed by atoms with E-state index in [1.807, 2.05) is 6.08 Å². The fraction of sp³-hybridized carbons (Fsp3) is 0.778. The lowest BCUT2D eigenvalue weighted by Crippen LogP contribution is -2.48. The van der Waals surface area contributed by atoms with Gasteiger partial charge in [-0.1, -0.05) is 0 Å². The standard InChI is InChI=1S/C9H15NO2/c11-7-2-3-8-6(5-7)1-4-9(12)10-8/h2,6,8-12H,1,3-5H2/t6-,8+,9?/m1/s1. The second-order valence-electron chi connectivity index (χ2n) is 3.76. The Labute approximate surface area is 72.1 Å². The van der Waals surface area contributed by atoms with E-state index in [4.69, 9.17) is 0 Å². The van der Waals surface area contributed by atoms with Crippen LogP contribution in [0.25, 0.3) is 0 Å². The molecule has 0 spiro atoms. The lowest BCUT2D eigenvalue weighted by atomic mass is 9.82. The summed E-state index contributed by atoms with van der Waals surface area (Å²) in [6.45, 7) is 0. The predicted molar refractivity (Wildman–Crippen MR) is 45.6 cm³/mol. The summed E-state index contributed by atoms with van der Waals surface area (Å²) >= 11 is 0. The van der Waals surface area contributed by atoms with E-state index >= 15 is 0 Å². The van der Waals surface area contributed by atoms with Gasteiger partial charge < -0.3 is 10.2 Å². The van der Waals surface area contributed by atoms with E-state index in [0.29, 0.717) is 17.7 Å². The highest BCUT2D eigenvalue weighted by molar-refractivity contribution is 5.04. The number of allylic oxidation sites excluding steroid dienone is 1. The SMILES string of the molecule is OC1=CC[C@@H]2NC(O)CC[C@@H]2C1. The van der Waals surface area contributed by atoms with Gasteiger partial charge in [0.15, 0.2) is 0 Å². The van der Waals surface area contributed by atoms with E-state index in [2.05, 4.69) is 5.32 Å². The molecule has 1 aliphatic carbocycles. The van der Waals surface area contributed by atoms with Crippen LogP contribution in [0.5, 0.6) is 0 Å². The summed E-state index contributed by atoms with van der Waals surface area (Å²) in [5.41, 5.74) is 0. The van der Waals surface area contributed by atoms with Crippen molar-refractivity contribution in [1.82, 2.24) is 5.32 Å². The summed E-state index contributed by atoms with van der Waals surface area (Å²) in [7, 11) is 0. The minimum Gasteiger partial charge on any atom is -0.513 e. The molecule has 1 heterocycles. The van der Waals surface area contributed by atoms with Crippen molar-refractivity contribution in [1.29, 1.82) is 0 Å². The van der Waals surface area contributed by atoms with Crippen molar-refractivity contribution in [2.45, 2.75) is 38.0 Å². The first kappa shape index (κ1) is 8.08. The number of aliphatic hydroxyl groups excluding tert-OH is 2. The second-order valence-corrected chi connectivity index (χ2v) is 3.76. The molecule has 0 aromatic rings.